The summed E-state index contributed by atoms with van der Waals surface area (Å²) in [6.07, 6.45) is -4.57. The maximum Gasteiger partial charge on any atom is 0.416 e. The van der Waals surface area contributed by atoms with Gasteiger partial charge >= 0.3 is 6.18 Å². The highest BCUT2D eigenvalue weighted by atomic mass is 32.2. The molecule has 2 aromatic rings. The van der Waals surface area contributed by atoms with Crippen molar-refractivity contribution in [2.45, 2.75) is 24.5 Å². The van der Waals surface area contributed by atoms with Crippen molar-refractivity contribution in [2.75, 3.05) is 12.4 Å². The molecule has 0 unspecified atom stereocenters. The second kappa shape index (κ2) is 7.46. The van der Waals surface area contributed by atoms with Gasteiger partial charge in [0, 0.05) is 26.2 Å². The number of hydrogen-bond acceptors (Lipinski definition) is 3. The third-order valence-electron chi connectivity index (χ3n) is 3.60. The summed E-state index contributed by atoms with van der Waals surface area (Å²) in [6, 6.07) is 10.2. The first-order valence-corrected chi connectivity index (χ1v) is 8.95. The van der Waals surface area contributed by atoms with Gasteiger partial charge in [0.05, 0.1) is 10.5 Å². The Balaban J connectivity index is 2.26. The van der Waals surface area contributed by atoms with E-state index in [9.17, 15) is 26.4 Å². The predicted molar refractivity (Wildman–Crippen MR) is 90.8 cm³/mol. The van der Waals surface area contributed by atoms with Crippen molar-refractivity contribution in [2.24, 2.45) is 0 Å². The number of halogens is 3. The molecule has 0 aliphatic heterocycles. The highest BCUT2D eigenvalue weighted by molar-refractivity contribution is 7.89. The fourth-order valence-electron chi connectivity index (χ4n) is 2.35. The van der Waals surface area contributed by atoms with Crippen LogP contribution >= 0.6 is 0 Å². The van der Waals surface area contributed by atoms with E-state index in [0.29, 0.717) is 5.69 Å². The topological polar surface area (TPSA) is 66.5 Å². The Morgan fingerprint density at radius 2 is 1.65 bits per heavy atom. The van der Waals surface area contributed by atoms with Gasteiger partial charge in [0.1, 0.15) is 0 Å². The van der Waals surface area contributed by atoms with E-state index in [2.05, 4.69) is 5.32 Å². The van der Waals surface area contributed by atoms with Gasteiger partial charge in [-0.3, -0.25) is 4.79 Å². The predicted octanol–water partition coefficient (Wildman–Crippen LogP) is 3.48. The number of amides is 1. The van der Waals surface area contributed by atoms with Crippen LogP contribution in [0.5, 0.6) is 0 Å². The maximum absolute atomic E-state index is 13.1. The molecule has 0 fully saturated rings. The van der Waals surface area contributed by atoms with Crippen LogP contribution in [0.15, 0.2) is 53.4 Å². The average molecular weight is 386 g/mol. The van der Waals surface area contributed by atoms with Crippen LogP contribution in [0.25, 0.3) is 0 Å². The minimum atomic E-state index is -4.57. The first-order chi connectivity index (χ1) is 12.0. The molecule has 0 saturated carbocycles. The maximum atomic E-state index is 13.1. The van der Waals surface area contributed by atoms with Crippen LogP contribution < -0.4 is 5.32 Å². The lowest BCUT2D eigenvalue weighted by Crippen LogP contribution is -2.27. The van der Waals surface area contributed by atoms with E-state index in [1.807, 2.05) is 0 Å². The standard InChI is InChI=1S/C17H17F3N2O3S/c1-12(23)21-14-7-9-15(10-8-14)26(24,25)22(2)11-13-5-3-4-6-16(13)17(18,19)20/h3-10H,11H2,1-2H3,(H,21,23). The number of rotatable bonds is 5. The molecule has 0 heterocycles. The van der Waals surface area contributed by atoms with E-state index in [4.69, 9.17) is 0 Å². The number of carbonyl (C=O) groups is 1. The first-order valence-electron chi connectivity index (χ1n) is 7.51. The molecule has 0 aliphatic rings. The Morgan fingerprint density at radius 1 is 1.08 bits per heavy atom. The summed E-state index contributed by atoms with van der Waals surface area (Å²) >= 11 is 0. The number of carbonyl (C=O) groups excluding carboxylic acids is 1. The van der Waals surface area contributed by atoms with Gasteiger partial charge in [-0.05, 0) is 35.9 Å². The highest BCUT2D eigenvalue weighted by Crippen LogP contribution is 2.32. The van der Waals surface area contributed by atoms with Crippen molar-refractivity contribution < 1.29 is 26.4 Å². The summed E-state index contributed by atoms with van der Waals surface area (Å²) in [5, 5.41) is 2.50. The molecule has 0 aromatic heterocycles. The molecule has 5 nitrogen and oxygen atoms in total. The van der Waals surface area contributed by atoms with Crippen molar-refractivity contribution >= 4 is 21.6 Å². The van der Waals surface area contributed by atoms with Crippen molar-refractivity contribution in [3.63, 3.8) is 0 Å². The monoisotopic (exact) mass is 386 g/mol. The Kier molecular flexibility index (Phi) is 5.72. The van der Waals surface area contributed by atoms with Crippen LogP contribution in [0.4, 0.5) is 18.9 Å². The minimum Gasteiger partial charge on any atom is -0.326 e. The lowest BCUT2D eigenvalue weighted by molar-refractivity contribution is -0.138. The van der Waals surface area contributed by atoms with E-state index >= 15 is 0 Å². The van der Waals surface area contributed by atoms with Crippen LogP contribution in [-0.2, 0) is 27.5 Å². The van der Waals surface area contributed by atoms with Crippen LogP contribution in [0.1, 0.15) is 18.1 Å². The van der Waals surface area contributed by atoms with Crippen molar-refractivity contribution in [1.82, 2.24) is 4.31 Å². The molecular formula is C17H17F3N2O3S. The van der Waals surface area contributed by atoms with E-state index in [1.165, 1.54) is 56.4 Å². The number of nitrogens with one attached hydrogen (secondary N) is 1. The first kappa shape index (κ1) is 19.9. The Hall–Kier alpha value is -2.39. The lowest BCUT2D eigenvalue weighted by atomic mass is 10.1. The Labute approximate surface area is 149 Å². The fourth-order valence-corrected chi connectivity index (χ4v) is 3.50. The highest BCUT2D eigenvalue weighted by Gasteiger charge is 2.34. The van der Waals surface area contributed by atoms with Gasteiger partial charge in [0.2, 0.25) is 15.9 Å². The van der Waals surface area contributed by atoms with Gasteiger partial charge in [-0.1, -0.05) is 18.2 Å². The van der Waals surface area contributed by atoms with Gasteiger partial charge in [-0.2, -0.15) is 17.5 Å². The minimum absolute atomic E-state index is 0.0846. The van der Waals surface area contributed by atoms with Crippen molar-refractivity contribution in [3.05, 3.63) is 59.7 Å². The van der Waals surface area contributed by atoms with Crippen LogP contribution in [-0.4, -0.2) is 25.7 Å². The van der Waals surface area contributed by atoms with Crippen molar-refractivity contribution in [3.8, 4) is 0 Å². The molecule has 1 amide bonds. The van der Waals surface area contributed by atoms with Gasteiger partial charge in [-0.15, -0.1) is 0 Å². The summed E-state index contributed by atoms with van der Waals surface area (Å²) in [4.78, 5) is 10.9. The Bertz CT molecular complexity index is 894. The normalized spacial score (nSPS) is 12.2. The number of alkyl halides is 3. The van der Waals surface area contributed by atoms with Crippen LogP contribution in [0.2, 0.25) is 0 Å². The molecule has 0 atom stereocenters. The summed E-state index contributed by atoms with van der Waals surface area (Å²) in [6.45, 7) is 0.891. The van der Waals surface area contributed by atoms with Gasteiger partial charge in [0.25, 0.3) is 0 Å². The lowest BCUT2D eigenvalue weighted by Gasteiger charge is -2.20. The van der Waals surface area contributed by atoms with E-state index in [1.54, 1.807) is 0 Å². The number of benzene rings is 2. The van der Waals surface area contributed by atoms with Crippen LogP contribution in [0.3, 0.4) is 0 Å². The second-order valence-corrected chi connectivity index (χ2v) is 7.67. The zero-order valence-corrected chi connectivity index (χ0v) is 14.9. The zero-order valence-electron chi connectivity index (χ0n) is 14.0. The van der Waals surface area contributed by atoms with E-state index in [-0.39, 0.29) is 16.4 Å². The van der Waals surface area contributed by atoms with Gasteiger partial charge in [0.15, 0.2) is 0 Å². The molecule has 0 saturated heterocycles. The molecule has 1 N–H and O–H groups in total. The van der Waals surface area contributed by atoms with E-state index in [0.717, 1.165) is 10.4 Å². The summed E-state index contributed by atoms with van der Waals surface area (Å²) in [5.41, 5.74) is -0.592. The molecular weight excluding hydrogens is 369 g/mol. The van der Waals surface area contributed by atoms with Gasteiger partial charge < -0.3 is 5.32 Å². The smallest absolute Gasteiger partial charge is 0.326 e. The molecule has 140 valence electrons. The number of sulfonamides is 1. The zero-order chi connectivity index (χ0) is 19.5. The molecule has 0 radical (unpaired) electrons. The van der Waals surface area contributed by atoms with Crippen LogP contribution in [0, 0.1) is 0 Å². The second-order valence-electron chi connectivity index (χ2n) is 5.62. The summed E-state index contributed by atoms with van der Waals surface area (Å²) < 4.78 is 65.2. The average Bonchev–Trinajstić information content (AvgIpc) is 2.54. The number of anilines is 1. The molecule has 2 aromatic carbocycles. The van der Waals surface area contributed by atoms with Gasteiger partial charge in [-0.25, -0.2) is 8.42 Å². The molecule has 0 spiro atoms. The molecule has 0 bridgehead atoms. The molecule has 2 rings (SSSR count). The number of hydrogen-bond donors (Lipinski definition) is 1. The summed E-state index contributed by atoms with van der Waals surface area (Å²) in [7, 11) is -2.78. The molecule has 9 heteroatoms. The quantitative estimate of drug-likeness (QED) is 0.856. The number of nitrogens with zero attached hydrogens (tertiary/aromatic N) is 1. The van der Waals surface area contributed by atoms with Crippen molar-refractivity contribution in [1.29, 1.82) is 0 Å². The Morgan fingerprint density at radius 3 is 2.19 bits per heavy atom. The molecule has 26 heavy (non-hydrogen) atoms. The van der Waals surface area contributed by atoms with E-state index < -0.39 is 28.3 Å². The molecule has 0 aliphatic carbocycles. The fraction of sp³-hybridized carbons (Fsp3) is 0.235. The third-order valence-corrected chi connectivity index (χ3v) is 5.42. The largest absolute Gasteiger partial charge is 0.416 e. The third kappa shape index (κ3) is 4.61. The summed E-state index contributed by atoms with van der Waals surface area (Å²) in [5.74, 6) is -0.304. The SMILES string of the molecule is CC(=O)Nc1ccc(S(=O)(=O)N(C)Cc2ccccc2C(F)(F)F)cc1.